The summed E-state index contributed by atoms with van der Waals surface area (Å²) in [6, 6.07) is 20.9. The number of carbonyl (C=O) groups excluding carboxylic acids is 1. The van der Waals surface area contributed by atoms with Crippen LogP contribution in [0.15, 0.2) is 77.6 Å². The van der Waals surface area contributed by atoms with E-state index in [-0.39, 0.29) is 11.6 Å². The number of nitrogens with zero attached hydrogens (tertiary/aromatic N) is 3. The van der Waals surface area contributed by atoms with E-state index >= 15 is 0 Å². The van der Waals surface area contributed by atoms with E-state index in [2.05, 4.69) is 5.32 Å². The first kappa shape index (κ1) is 24.4. The number of halogens is 1. The van der Waals surface area contributed by atoms with Crippen molar-refractivity contribution >= 4 is 34.2 Å². The second-order valence-electron chi connectivity index (χ2n) is 8.21. The SMILES string of the molecule is COCCN(C(=O)Nc1ccc(Cl)cc1)C(C)c1nc2ccccc2c(=O)n1-c1ccccc1C. The Hall–Kier alpha value is -3.68. The van der Waals surface area contributed by atoms with Gasteiger partial charge in [0.05, 0.1) is 29.2 Å². The smallest absolute Gasteiger partial charge is 0.322 e. The van der Waals surface area contributed by atoms with Crippen LogP contribution in [-0.4, -0.2) is 40.7 Å². The van der Waals surface area contributed by atoms with Gasteiger partial charge in [0.1, 0.15) is 5.82 Å². The molecule has 0 saturated heterocycles. The third kappa shape index (κ3) is 5.21. The van der Waals surface area contributed by atoms with Gasteiger partial charge < -0.3 is 15.0 Å². The van der Waals surface area contributed by atoms with E-state index in [1.54, 1.807) is 46.9 Å². The first-order chi connectivity index (χ1) is 16.9. The second-order valence-corrected chi connectivity index (χ2v) is 8.65. The first-order valence-electron chi connectivity index (χ1n) is 11.3. The summed E-state index contributed by atoms with van der Waals surface area (Å²) in [5, 5.41) is 4.00. The van der Waals surface area contributed by atoms with Gasteiger partial charge in [0.2, 0.25) is 0 Å². The molecule has 35 heavy (non-hydrogen) atoms. The topological polar surface area (TPSA) is 76.5 Å². The Labute approximate surface area is 208 Å². The van der Waals surface area contributed by atoms with E-state index in [0.717, 1.165) is 11.3 Å². The van der Waals surface area contributed by atoms with Gasteiger partial charge in [-0.2, -0.15) is 0 Å². The highest BCUT2D eigenvalue weighted by Gasteiger charge is 2.27. The summed E-state index contributed by atoms with van der Waals surface area (Å²) in [6.45, 7) is 4.43. The summed E-state index contributed by atoms with van der Waals surface area (Å²) >= 11 is 5.98. The molecule has 4 rings (SSSR count). The molecule has 4 aromatic rings. The standard InChI is InChI=1S/C27H27ClN4O3/c1-18-8-4-7-11-24(18)32-25(30-23-10-6-5-9-22(23)26(32)33)19(2)31(16-17-35-3)27(34)29-21-14-12-20(28)13-15-21/h4-15,19H,16-17H2,1-3H3,(H,29,34). The van der Waals surface area contributed by atoms with Crippen LogP contribution in [0.3, 0.4) is 0 Å². The van der Waals surface area contributed by atoms with Crippen molar-refractivity contribution in [3.8, 4) is 5.69 Å². The number of para-hydroxylation sites is 2. The molecule has 0 aliphatic rings. The van der Waals surface area contributed by atoms with Gasteiger partial charge in [-0.3, -0.25) is 9.36 Å². The van der Waals surface area contributed by atoms with Crippen LogP contribution in [0.5, 0.6) is 0 Å². The number of ether oxygens (including phenoxy) is 1. The summed E-state index contributed by atoms with van der Waals surface area (Å²) in [5.41, 5.74) is 2.65. The third-order valence-corrected chi connectivity index (χ3v) is 6.14. The molecule has 0 radical (unpaired) electrons. The summed E-state index contributed by atoms with van der Waals surface area (Å²) in [7, 11) is 1.58. The first-order valence-corrected chi connectivity index (χ1v) is 11.7. The lowest BCUT2D eigenvalue weighted by Gasteiger charge is -2.30. The van der Waals surface area contributed by atoms with Crippen LogP contribution in [0.2, 0.25) is 5.02 Å². The molecular formula is C27H27ClN4O3. The van der Waals surface area contributed by atoms with Gasteiger partial charge in [-0.1, -0.05) is 41.9 Å². The highest BCUT2D eigenvalue weighted by Crippen LogP contribution is 2.25. The number of urea groups is 1. The highest BCUT2D eigenvalue weighted by atomic mass is 35.5. The molecule has 0 aliphatic heterocycles. The van der Waals surface area contributed by atoms with Gasteiger partial charge in [-0.15, -0.1) is 0 Å². The van der Waals surface area contributed by atoms with E-state index in [1.807, 2.05) is 56.3 Å². The highest BCUT2D eigenvalue weighted by molar-refractivity contribution is 6.30. The number of anilines is 1. The predicted octanol–water partition coefficient (Wildman–Crippen LogP) is 5.59. The molecule has 7 nitrogen and oxygen atoms in total. The Kier molecular flexibility index (Phi) is 7.48. The van der Waals surface area contributed by atoms with Crippen molar-refractivity contribution in [2.24, 2.45) is 0 Å². The Balaban J connectivity index is 1.83. The Bertz CT molecular complexity index is 1400. The lowest BCUT2D eigenvalue weighted by atomic mass is 10.1. The molecule has 3 aromatic carbocycles. The van der Waals surface area contributed by atoms with Crippen LogP contribution in [-0.2, 0) is 4.74 Å². The summed E-state index contributed by atoms with van der Waals surface area (Å²) in [6.07, 6.45) is 0. The number of aryl methyl sites for hydroxylation is 1. The number of benzene rings is 3. The predicted molar refractivity (Wildman–Crippen MR) is 140 cm³/mol. The van der Waals surface area contributed by atoms with Crippen LogP contribution < -0.4 is 10.9 Å². The van der Waals surface area contributed by atoms with E-state index < -0.39 is 6.04 Å². The zero-order valence-corrected chi connectivity index (χ0v) is 20.6. The Morgan fingerprint density at radius 2 is 1.77 bits per heavy atom. The summed E-state index contributed by atoms with van der Waals surface area (Å²) in [5.74, 6) is 0.463. The largest absolute Gasteiger partial charge is 0.383 e. The van der Waals surface area contributed by atoms with Crippen LogP contribution >= 0.6 is 11.6 Å². The maximum absolute atomic E-state index is 13.7. The summed E-state index contributed by atoms with van der Waals surface area (Å²) in [4.78, 5) is 33.6. The number of hydrogen-bond donors (Lipinski definition) is 1. The van der Waals surface area contributed by atoms with Crippen molar-refractivity contribution in [1.29, 1.82) is 0 Å². The average Bonchev–Trinajstić information content (AvgIpc) is 2.86. The molecule has 1 unspecified atom stereocenters. The van der Waals surface area contributed by atoms with Gasteiger partial charge in [0.25, 0.3) is 5.56 Å². The van der Waals surface area contributed by atoms with E-state index in [9.17, 15) is 9.59 Å². The van der Waals surface area contributed by atoms with Crippen molar-refractivity contribution in [2.75, 3.05) is 25.6 Å². The number of nitrogens with one attached hydrogen (secondary N) is 1. The molecule has 1 N–H and O–H groups in total. The van der Waals surface area contributed by atoms with E-state index in [4.69, 9.17) is 21.3 Å². The minimum Gasteiger partial charge on any atom is -0.383 e. The lowest BCUT2D eigenvalue weighted by Crippen LogP contribution is -2.41. The maximum atomic E-state index is 13.7. The number of carbonyl (C=O) groups is 1. The number of rotatable bonds is 7. The molecule has 1 aromatic heterocycles. The minimum absolute atomic E-state index is 0.184. The zero-order chi connectivity index (χ0) is 24.9. The van der Waals surface area contributed by atoms with E-state index in [0.29, 0.717) is 40.6 Å². The zero-order valence-electron chi connectivity index (χ0n) is 19.9. The molecule has 1 heterocycles. The molecule has 8 heteroatoms. The number of hydrogen-bond acceptors (Lipinski definition) is 4. The van der Waals surface area contributed by atoms with Gasteiger partial charge in [0, 0.05) is 24.4 Å². The fourth-order valence-electron chi connectivity index (χ4n) is 4.01. The van der Waals surface area contributed by atoms with E-state index in [1.165, 1.54) is 0 Å². The fourth-order valence-corrected chi connectivity index (χ4v) is 4.13. The normalized spacial score (nSPS) is 11.9. The molecule has 0 spiro atoms. The lowest BCUT2D eigenvalue weighted by molar-refractivity contribution is 0.137. The number of amides is 2. The van der Waals surface area contributed by atoms with Gasteiger partial charge >= 0.3 is 6.03 Å². The number of aromatic nitrogens is 2. The molecule has 0 aliphatic carbocycles. The monoisotopic (exact) mass is 490 g/mol. The molecule has 0 bridgehead atoms. The van der Waals surface area contributed by atoms with Gasteiger partial charge in [0.15, 0.2) is 0 Å². The third-order valence-electron chi connectivity index (χ3n) is 5.89. The fraction of sp³-hybridized carbons (Fsp3) is 0.222. The molecule has 0 fully saturated rings. The van der Waals surface area contributed by atoms with Crippen LogP contribution in [0.4, 0.5) is 10.5 Å². The van der Waals surface area contributed by atoms with Crippen molar-refractivity contribution in [2.45, 2.75) is 19.9 Å². The Morgan fingerprint density at radius 1 is 1.09 bits per heavy atom. The molecule has 0 saturated carbocycles. The molecule has 2 amide bonds. The van der Waals surface area contributed by atoms with Crippen LogP contribution in [0.25, 0.3) is 16.6 Å². The molecule has 1 atom stereocenters. The molecule has 180 valence electrons. The summed E-state index contributed by atoms with van der Waals surface area (Å²) < 4.78 is 6.88. The van der Waals surface area contributed by atoms with Gasteiger partial charge in [-0.05, 0) is 61.9 Å². The Morgan fingerprint density at radius 3 is 2.49 bits per heavy atom. The average molecular weight is 491 g/mol. The second kappa shape index (κ2) is 10.7. The van der Waals surface area contributed by atoms with Crippen molar-refractivity contribution in [3.63, 3.8) is 0 Å². The maximum Gasteiger partial charge on any atom is 0.322 e. The van der Waals surface area contributed by atoms with Crippen molar-refractivity contribution in [3.05, 3.63) is 99.6 Å². The van der Waals surface area contributed by atoms with Crippen LogP contribution in [0, 0.1) is 6.92 Å². The molecular weight excluding hydrogens is 464 g/mol. The van der Waals surface area contributed by atoms with Crippen molar-refractivity contribution < 1.29 is 9.53 Å². The van der Waals surface area contributed by atoms with Crippen molar-refractivity contribution in [1.82, 2.24) is 14.5 Å². The number of fused-ring (bicyclic) bond motifs is 1. The quantitative estimate of drug-likeness (QED) is 0.366. The number of methoxy groups -OCH3 is 1. The van der Waals surface area contributed by atoms with Gasteiger partial charge in [-0.25, -0.2) is 9.78 Å². The minimum atomic E-state index is -0.547. The van der Waals surface area contributed by atoms with Crippen LogP contribution in [0.1, 0.15) is 24.4 Å².